The topological polar surface area (TPSA) is 54.0 Å². The summed E-state index contributed by atoms with van der Waals surface area (Å²) in [6, 6.07) is 9.70. The lowest BCUT2D eigenvalue weighted by atomic mass is 10.1. The maximum Gasteiger partial charge on any atom is 0.238 e. The average molecular weight is 269 g/mol. The highest BCUT2D eigenvalue weighted by Crippen LogP contribution is 2.12. The number of para-hydroxylation sites is 1. The smallest absolute Gasteiger partial charge is 0.238 e. The number of carbonyl (C=O) groups is 1. The van der Waals surface area contributed by atoms with Crippen LogP contribution >= 0.6 is 0 Å². The number of aromatic nitrogens is 1. The Morgan fingerprint density at radius 1 is 1.15 bits per heavy atom. The van der Waals surface area contributed by atoms with E-state index in [4.69, 9.17) is 0 Å². The molecule has 0 radical (unpaired) electrons. The quantitative estimate of drug-likeness (QED) is 0.876. The van der Waals surface area contributed by atoms with E-state index < -0.39 is 0 Å². The van der Waals surface area contributed by atoms with E-state index in [-0.39, 0.29) is 12.5 Å². The van der Waals surface area contributed by atoms with Crippen LogP contribution in [0.4, 0.5) is 5.69 Å². The number of pyridine rings is 1. The van der Waals surface area contributed by atoms with Crippen molar-refractivity contribution in [2.24, 2.45) is 0 Å². The molecule has 0 aliphatic carbocycles. The van der Waals surface area contributed by atoms with E-state index in [9.17, 15) is 4.79 Å². The van der Waals surface area contributed by atoms with Gasteiger partial charge in [-0.25, -0.2) is 0 Å². The molecule has 0 spiro atoms. The van der Waals surface area contributed by atoms with Gasteiger partial charge < -0.3 is 10.6 Å². The summed E-state index contributed by atoms with van der Waals surface area (Å²) in [5.41, 5.74) is 4.20. The Morgan fingerprint density at radius 3 is 2.70 bits per heavy atom. The van der Waals surface area contributed by atoms with Gasteiger partial charge in [-0.2, -0.15) is 0 Å². The summed E-state index contributed by atoms with van der Waals surface area (Å²) in [6.07, 6.45) is 3.59. The molecule has 2 rings (SSSR count). The minimum Gasteiger partial charge on any atom is -0.325 e. The second-order valence-corrected chi connectivity index (χ2v) is 4.77. The number of amides is 1. The molecule has 4 heteroatoms. The molecule has 0 atom stereocenters. The standard InChI is InChI=1S/C16H19N3O/c1-12-7-8-17-9-14(12)10-18-11-16(20)19-15-6-4-3-5-13(15)2/h3-9,18H,10-11H2,1-2H3,(H,19,20). The van der Waals surface area contributed by atoms with Crippen LogP contribution in [0.2, 0.25) is 0 Å². The molecule has 0 bridgehead atoms. The van der Waals surface area contributed by atoms with Crippen molar-refractivity contribution in [2.75, 3.05) is 11.9 Å². The molecule has 0 aliphatic rings. The van der Waals surface area contributed by atoms with Crippen LogP contribution in [0.3, 0.4) is 0 Å². The van der Waals surface area contributed by atoms with E-state index in [1.165, 1.54) is 5.56 Å². The summed E-state index contributed by atoms with van der Waals surface area (Å²) >= 11 is 0. The Hall–Kier alpha value is -2.20. The zero-order chi connectivity index (χ0) is 14.4. The normalized spacial score (nSPS) is 10.3. The predicted molar refractivity (Wildman–Crippen MR) is 80.5 cm³/mol. The summed E-state index contributed by atoms with van der Waals surface area (Å²) in [5.74, 6) is -0.0409. The number of carbonyl (C=O) groups excluding carboxylic acids is 1. The number of aryl methyl sites for hydroxylation is 2. The Kier molecular flexibility index (Phi) is 4.85. The highest BCUT2D eigenvalue weighted by Gasteiger charge is 2.04. The molecule has 0 saturated carbocycles. The minimum atomic E-state index is -0.0409. The minimum absolute atomic E-state index is 0.0409. The fourth-order valence-electron chi connectivity index (χ4n) is 1.90. The zero-order valence-corrected chi connectivity index (χ0v) is 11.8. The van der Waals surface area contributed by atoms with Gasteiger partial charge in [0.25, 0.3) is 0 Å². The lowest BCUT2D eigenvalue weighted by Crippen LogP contribution is -2.28. The number of benzene rings is 1. The Labute approximate surface area is 119 Å². The van der Waals surface area contributed by atoms with Crippen molar-refractivity contribution in [3.63, 3.8) is 0 Å². The van der Waals surface area contributed by atoms with Crippen molar-refractivity contribution in [3.8, 4) is 0 Å². The maximum absolute atomic E-state index is 11.9. The fourth-order valence-corrected chi connectivity index (χ4v) is 1.90. The van der Waals surface area contributed by atoms with Crippen LogP contribution in [-0.4, -0.2) is 17.4 Å². The number of hydrogen-bond donors (Lipinski definition) is 2. The lowest BCUT2D eigenvalue weighted by Gasteiger charge is -2.09. The van der Waals surface area contributed by atoms with Crippen molar-refractivity contribution >= 4 is 11.6 Å². The number of rotatable bonds is 5. The third kappa shape index (κ3) is 3.90. The Bertz CT molecular complexity index is 596. The molecular weight excluding hydrogens is 250 g/mol. The van der Waals surface area contributed by atoms with E-state index in [1.54, 1.807) is 6.20 Å². The monoisotopic (exact) mass is 269 g/mol. The first kappa shape index (κ1) is 14.2. The summed E-state index contributed by atoms with van der Waals surface area (Å²) in [4.78, 5) is 15.9. The van der Waals surface area contributed by atoms with E-state index >= 15 is 0 Å². The van der Waals surface area contributed by atoms with Crippen molar-refractivity contribution < 1.29 is 4.79 Å². The molecule has 2 aromatic rings. The molecule has 1 aromatic heterocycles. The van der Waals surface area contributed by atoms with E-state index in [0.717, 1.165) is 16.8 Å². The molecule has 104 valence electrons. The van der Waals surface area contributed by atoms with Gasteiger partial charge in [0.05, 0.1) is 6.54 Å². The number of anilines is 1. The average Bonchev–Trinajstić information content (AvgIpc) is 2.43. The van der Waals surface area contributed by atoms with Crippen molar-refractivity contribution in [3.05, 3.63) is 59.4 Å². The third-order valence-electron chi connectivity index (χ3n) is 3.17. The van der Waals surface area contributed by atoms with Crippen LogP contribution in [0.25, 0.3) is 0 Å². The van der Waals surface area contributed by atoms with Gasteiger partial charge in [0.15, 0.2) is 0 Å². The molecule has 0 aliphatic heterocycles. The summed E-state index contributed by atoms with van der Waals surface area (Å²) in [6.45, 7) is 4.93. The van der Waals surface area contributed by atoms with Crippen LogP contribution in [0.5, 0.6) is 0 Å². The van der Waals surface area contributed by atoms with Crippen LogP contribution in [0.1, 0.15) is 16.7 Å². The van der Waals surface area contributed by atoms with Gasteiger partial charge in [-0.05, 0) is 42.7 Å². The van der Waals surface area contributed by atoms with Crippen LogP contribution in [-0.2, 0) is 11.3 Å². The molecule has 1 aromatic carbocycles. The van der Waals surface area contributed by atoms with Gasteiger partial charge in [0.2, 0.25) is 5.91 Å². The van der Waals surface area contributed by atoms with Crippen LogP contribution in [0, 0.1) is 13.8 Å². The van der Waals surface area contributed by atoms with Gasteiger partial charge in [-0.15, -0.1) is 0 Å². The summed E-state index contributed by atoms with van der Waals surface area (Å²) < 4.78 is 0. The Balaban J connectivity index is 1.82. The number of hydrogen-bond acceptors (Lipinski definition) is 3. The van der Waals surface area contributed by atoms with Gasteiger partial charge in [-0.3, -0.25) is 9.78 Å². The van der Waals surface area contributed by atoms with Gasteiger partial charge in [0.1, 0.15) is 0 Å². The van der Waals surface area contributed by atoms with Gasteiger partial charge in [0, 0.05) is 24.6 Å². The zero-order valence-electron chi connectivity index (χ0n) is 11.8. The van der Waals surface area contributed by atoms with Crippen LogP contribution < -0.4 is 10.6 Å². The molecule has 4 nitrogen and oxygen atoms in total. The molecule has 2 N–H and O–H groups in total. The van der Waals surface area contributed by atoms with Gasteiger partial charge >= 0.3 is 0 Å². The first-order chi connectivity index (χ1) is 9.66. The molecule has 0 saturated heterocycles. The summed E-state index contributed by atoms with van der Waals surface area (Å²) in [5, 5.41) is 6.02. The van der Waals surface area contributed by atoms with E-state index in [2.05, 4.69) is 15.6 Å². The highest BCUT2D eigenvalue weighted by atomic mass is 16.1. The van der Waals surface area contributed by atoms with E-state index in [0.29, 0.717) is 6.54 Å². The molecule has 1 amide bonds. The largest absolute Gasteiger partial charge is 0.325 e. The fraction of sp³-hybridized carbons (Fsp3) is 0.250. The lowest BCUT2D eigenvalue weighted by molar-refractivity contribution is -0.115. The van der Waals surface area contributed by atoms with E-state index in [1.807, 2.05) is 50.4 Å². The van der Waals surface area contributed by atoms with Crippen LogP contribution in [0.15, 0.2) is 42.7 Å². The second kappa shape index (κ2) is 6.82. The van der Waals surface area contributed by atoms with Gasteiger partial charge in [-0.1, -0.05) is 18.2 Å². The first-order valence-corrected chi connectivity index (χ1v) is 6.62. The number of nitrogens with zero attached hydrogens (tertiary/aromatic N) is 1. The molecule has 20 heavy (non-hydrogen) atoms. The first-order valence-electron chi connectivity index (χ1n) is 6.62. The van der Waals surface area contributed by atoms with Crippen molar-refractivity contribution in [2.45, 2.75) is 20.4 Å². The maximum atomic E-state index is 11.9. The molecule has 0 unspecified atom stereocenters. The predicted octanol–water partition coefficient (Wildman–Crippen LogP) is 2.43. The molecular formula is C16H19N3O. The second-order valence-electron chi connectivity index (χ2n) is 4.77. The Morgan fingerprint density at radius 2 is 1.95 bits per heavy atom. The molecule has 1 heterocycles. The highest BCUT2D eigenvalue weighted by molar-refractivity contribution is 5.92. The SMILES string of the molecule is Cc1ccncc1CNCC(=O)Nc1ccccc1C. The van der Waals surface area contributed by atoms with Crippen molar-refractivity contribution in [1.29, 1.82) is 0 Å². The third-order valence-corrected chi connectivity index (χ3v) is 3.17. The number of nitrogens with one attached hydrogen (secondary N) is 2. The van der Waals surface area contributed by atoms with Crippen molar-refractivity contribution in [1.82, 2.24) is 10.3 Å². The summed E-state index contributed by atoms with van der Waals surface area (Å²) in [7, 11) is 0. The molecule has 0 fully saturated rings.